The summed E-state index contributed by atoms with van der Waals surface area (Å²) >= 11 is 0. The second kappa shape index (κ2) is 4.40. The number of hydrogen-bond donors (Lipinski definition) is 1. The third-order valence-electron chi connectivity index (χ3n) is 2.61. The monoisotopic (exact) mass is 256 g/mol. The quantitative estimate of drug-likeness (QED) is 0.810. The van der Waals surface area contributed by atoms with E-state index < -0.39 is 11.7 Å². The number of aliphatic hydroxyl groups is 1. The Kier molecular flexibility index (Phi) is 3.07. The predicted molar refractivity (Wildman–Crippen MR) is 61.7 cm³/mol. The second-order valence-corrected chi connectivity index (χ2v) is 3.78. The van der Waals surface area contributed by atoms with E-state index in [2.05, 4.69) is 0 Å². The highest BCUT2D eigenvalue weighted by Gasteiger charge is 2.32. The highest BCUT2D eigenvalue weighted by atomic mass is 19.4. The Balaban J connectivity index is 2.48. The van der Waals surface area contributed by atoms with Gasteiger partial charge < -0.3 is 9.84 Å². The number of alkyl halides is 3. The van der Waals surface area contributed by atoms with Gasteiger partial charge in [0.15, 0.2) is 0 Å². The normalized spacial score (nSPS) is 16.7. The van der Waals surface area contributed by atoms with Gasteiger partial charge in [-0.05, 0) is 36.3 Å². The molecule has 0 spiro atoms. The van der Waals surface area contributed by atoms with Crippen LogP contribution in [0.15, 0.2) is 30.2 Å². The van der Waals surface area contributed by atoms with Gasteiger partial charge in [-0.25, -0.2) is 0 Å². The van der Waals surface area contributed by atoms with Crippen molar-refractivity contribution in [2.24, 2.45) is 0 Å². The van der Waals surface area contributed by atoms with E-state index in [4.69, 9.17) is 4.74 Å². The van der Waals surface area contributed by atoms with Crippen LogP contribution in [0.4, 0.5) is 13.2 Å². The number of rotatable bonds is 2. The Morgan fingerprint density at radius 1 is 1.28 bits per heavy atom. The largest absolute Gasteiger partial charge is 0.481 e. The Morgan fingerprint density at radius 3 is 2.61 bits per heavy atom. The number of ether oxygens (including phenoxy) is 1. The van der Waals surface area contributed by atoms with Gasteiger partial charge in [-0.15, -0.1) is 0 Å². The van der Waals surface area contributed by atoms with Crippen LogP contribution in [0.2, 0.25) is 0 Å². The molecule has 0 aliphatic heterocycles. The van der Waals surface area contributed by atoms with E-state index >= 15 is 0 Å². The predicted octanol–water partition coefficient (Wildman–Crippen LogP) is 4.00. The first-order chi connectivity index (χ1) is 8.43. The fourth-order valence-electron chi connectivity index (χ4n) is 1.78. The van der Waals surface area contributed by atoms with Gasteiger partial charge in [0.05, 0.1) is 17.7 Å². The van der Waals surface area contributed by atoms with Gasteiger partial charge in [-0.2, -0.15) is 13.2 Å². The zero-order valence-electron chi connectivity index (χ0n) is 9.58. The molecule has 0 unspecified atom stereocenters. The molecule has 1 aromatic carbocycles. The van der Waals surface area contributed by atoms with Crippen molar-refractivity contribution >= 4 is 11.6 Å². The molecule has 0 atom stereocenters. The molecule has 0 fully saturated rings. The molecule has 0 saturated heterocycles. The van der Waals surface area contributed by atoms with Crippen LogP contribution < -0.4 is 0 Å². The summed E-state index contributed by atoms with van der Waals surface area (Å²) in [5.74, 6) is -0.355. The van der Waals surface area contributed by atoms with Crippen LogP contribution in [0.3, 0.4) is 0 Å². The molecule has 0 saturated carbocycles. The fraction of sp³-hybridized carbons (Fsp3) is 0.231. The Bertz CT molecular complexity index is 528. The summed E-state index contributed by atoms with van der Waals surface area (Å²) < 4.78 is 42.7. The van der Waals surface area contributed by atoms with E-state index in [1.165, 1.54) is 12.1 Å². The second-order valence-electron chi connectivity index (χ2n) is 3.78. The van der Waals surface area contributed by atoms with Crippen LogP contribution in [0.5, 0.6) is 0 Å². The molecule has 1 aliphatic rings. The lowest BCUT2D eigenvalue weighted by Crippen LogP contribution is -2.05. The summed E-state index contributed by atoms with van der Waals surface area (Å²) in [6, 6.07) is 3.41. The number of hydrogen-bond acceptors (Lipinski definition) is 2. The van der Waals surface area contributed by atoms with Crippen LogP contribution in [0, 0.1) is 0 Å². The Labute approximate surface area is 102 Å². The topological polar surface area (TPSA) is 29.5 Å². The lowest BCUT2D eigenvalue weighted by atomic mass is 10.0. The van der Waals surface area contributed by atoms with Crippen molar-refractivity contribution in [3.63, 3.8) is 0 Å². The zero-order chi connectivity index (χ0) is 13.3. The van der Waals surface area contributed by atoms with Crippen LogP contribution in [-0.2, 0) is 10.9 Å². The van der Waals surface area contributed by atoms with E-state index in [1.807, 2.05) is 0 Å². The van der Waals surface area contributed by atoms with Crippen molar-refractivity contribution in [2.75, 3.05) is 6.61 Å². The first-order valence-electron chi connectivity index (χ1n) is 5.39. The minimum absolute atomic E-state index is 0.247. The number of allylic oxidation sites excluding steroid dienone is 2. The Morgan fingerprint density at radius 2 is 2.00 bits per heavy atom. The summed E-state index contributed by atoms with van der Waals surface area (Å²) in [6.45, 7) is 1.93. The van der Waals surface area contributed by atoms with E-state index in [1.54, 1.807) is 13.0 Å². The average molecular weight is 256 g/mol. The summed E-state index contributed by atoms with van der Waals surface area (Å²) in [5.41, 5.74) is 0.490. The molecule has 0 heterocycles. The maximum Gasteiger partial charge on any atom is 0.416 e. The van der Waals surface area contributed by atoms with E-state index in [0.717, 1.165) is 12.1 Å². The van der Waals surface area contributed by atoms with Crippen LogP contribution in [0.1, 0.15) is 23.6 Å². The van der Waals surface area contributed by atoms with E-state index in [0.29, 0.717) is 11.1 Å². The molecule has 96 valence electrons. The van der Waals surface area contributed by atoms with Gasteiger partial charge in [0, 0.05) is 0 Å². The van der Waals surface area contributed by atoms with E-state index in [9.17, 15) is 18.3 Å². The van der Waals surface area contributed by atoms with Gasteiger partial charge in [-0.3, -0.25) is 0 Å². The summed E-state index contributed by atoms with van der Waals surface area (Å²) in [7, 11) is 0. The van der Waals surface area contributed by atoms with Crippen LogP contribution in [0.25, 0.3) is 11.6 Å². The number of halogens is 3. The van der Waals surface area contributed by atoms with Crippen molar-refractivity contribution in [3.8, 4) is 0 Å². The molecule has 1 aromatic rings. The SMILES string of the molecule is CCOC(O)=C1C=Cc2ccc(C(F)(F)F)cc21. The Hall–Kier alpha value is -1.91. The molecule has 1 aliphatic carbocycles. The molecule has 0 bridgehead atoms. The molecule has 0 radical (unpaired) electrons. The standard InChI is InChI=1S/C13H11F3O2/c1-2-18-12(17)10-6-4-8-3-5-9(7-11(8)10)13(14,15)16/h3-7,17H,2H2,1H3. The highest BCUT2D eigenvalue weighted by Crippen LogP contribution is 2.36. The molecule has 1 N–H and O–H groups in total. The van der Waals surface area contributed by atoms with Crippen LogP contribution in [-0.4, -0.2) is 11.7 Å². The van der Waals surface area contributed by atoms with Crippen molar-refractivity contribution in [1.82, 2.24) is 0 Å². The van der Waals surface area contributed by atoms with Crippen molar-refractivity contribution in [3.05, 3.63) is 46.9 Å². The lowest BCUT2D eigenvalue weighted by Gasteiger charge is -2.10. The molecule has 18 heavy (non-hydrogen) atoms. The van der Waals surface area contributed by atoms with Gasteiger partial charge in [0.1, 0.15) is 0 Å². The minimum atomic E-state index is -4.40. The van der Waals surface area contributed by atoms with Gasteiger partial charge in [0.2, 0.25) is 0 Å². The van der Waals surface area contributed by atoms with Crippen LogP contribution >= 0.6 is 0 Å². The van der Waals surface area contributed by atoms with Gasteiger partial charge in [-0.1, -0.05) is 12.1 Å². The van der Waals surface area contributed by atoms with Gasteiger partial charge >= 0.3 is 6.18 Å². The maximum atomic E-state index is 12.6. The zero-order valence-corrected chi connectivity index (χ0v) is 9.58. The number of fused-ring (bicyclic) bond motifs is 1. The van der Waals surface area contributed by atoms with Crippen molar-refractivity contribution < 1.29 is 23.0 Å². The smallest absolute Gasteiger partial charge is 0.416 e. The summed E-state index contributed by atoms with van der Waals surface area (Å²) in [6.07, 6.45) is -1.22. The molecular formula is C13H11F3O2. The third-order valence-corrected chi connectivity index (χ3v) is 2.61. The number of benzene rings is 1. The first-order valence-corrected chi connectivity index (χ1v) is 5.39. The minimum Gasteiger partial charge on any atom is -0.481 e. The lowest BCUT2D eigenvalue weighted by molar-refractivity contribution is -0.137. The molecule has 0 amide bonds. The highest BCUT2D eigenvalue weighted by molar-refractivity contribution is 5.90. The first kappa shape index (κ1) is 12.5. The number of aliphatic hydroxyl groups excluding tert-OH is 1. The fourth-order valence-corrected chi connectivity index (χ4v) is 1.78. The van der Waals surface area contributed by atoms with Crippen molar-refractivity contribution in [2.45, 2.75) is 13.1 Å². The third kappa shape index (κ3) is 2.20. The average Bonchev–Trinajstić information content (AvgIpc) is 2.70. The molecule has 0 aromatic heterocycles. The summed E-state index contributed by atoms with van der Waals surface area (Å²) in [4.78, 5) is 0. The van der Waals surface area contributed by atoms with Gasteiger partial charge in [0.25, 0.3) is 5.95 Å². The molecular weight excluding hydrogens is 245 g/mol. The molecule has 2 rings (SSSR count). The van der Waals surface area contributed by atoms with E-state index in [-0.39, 0.29) is 18.1 Å². The summed E-state index contributed by atoms with van der Waals surface area (Å²) in [5, 5.41) is 9.61. The molecule has 2 nitrogen and oxygen atoms in total. The maximum absolute atomic E-state index is 12.6. The molecule has 5 heteroatoms. The van der Waals surface area contributed by atoms with Crippen molar-refractivity contribution in [1.29, 1.82) is 0 Å².